The summed E-state index contributed by atoms with van der Waals surface area (Å²) in [6.45, 7) is 21.7. The van der Waals surface area contributed by atoms with Gasteiger partial charge in [-0.15, -0.1) is 0 Å². The van der Waals surface area contributed by atoms with Crippen LogP contribution in [0, 0.1) is 45.3 Å². The van der Waals surface area contributed by atoms with Crippen molar-refractivity contribution < 1.29 is 14.3 Å². The number of esters is 1. The van der Waals surface area contributed by atoms with E-state index in [0.717, 1.165) is 24.2 Å². The van der Waals surface area contributed by atoms with Crippen LogP contribution in [0.15, 0.2) is 0 Å². The molecule has 0 aromatic carbocycles. The van der Waals surface area contributed by atoms with Gasteiger partial charge in [-0.05, 0) is 118 Å². The summed E-state index contributed by atoms with van der Waals surface area (Å²) in [5, 5.41) is 0. The predicted molar refractivity (Wildman–Crippen MR) is 147 cm³/mol. The molecule has 0 amide bonds. The van der Waals surface area contributed by atoms with E-state index in [2.05, 4.69) is 62.3 Å². The van der Waals surface area contributed by atoms with Crippen LogP contribution in [0.2, 0.25) is 0 Å². The van der Waals surface area contributed by atoms with E-state index in [-0.39, 0.29) is 17.2 Å². The molecule has 6 rings (SSSR count). The van der Waals surface area contributed by atoms with Gasteiger partial charge in [-0.2, -0.15) is 0 Å². The second-order valence-corrected chi connectivity index (χ2v) is 16.5. The Morgan fingerprint density at radius 1 is 0.639 bits per heavy atom. The average Bonchev–Trinajstić information content (AvgIpc) is 3.23. The van der Waals surface area contributed by atoms with Crippen molar-refractivity contribution in [3.63, 3.8) is 0 Å². The van der Waals surface area contributed by atoms with E-state index in [0.29, 0.717) is 40.1 Å². The molecule has 3 nitrogen and oxygen atoms in total. The van der Waals surface area contributed by atoms with E-state index >= 15 is 0 Å². The lowest BCUT2D eigenvalue weighted by Crippen LogP contribution is -2.55. The first-order chi connectivity index (χ1) is 16.6. The van der Waals surface area contributed by atoms with Crippen LogP contribution < -0.4 is 0 Å². The minimum atomic E-state index is -0.171. The highest BCUT2D eigenvalue weighted by atomic mass is 16.6. The third-order valence-electron chi connectivity index (χ3n) is 13.2. The molecule has 0 aromatic rings. The van der Waals surface area contributed by atoms with Crippen LogP contribution in [-0.4, -0.2) is 23.3 Å². The Hall–Kier alpha value is -0.570. The van der Waals surface area contributed by atoms with Crippen molar-refractivity contribution >= 4 is 5.97 Å². The quantitative estimate of drug-likeness (QED) is 0.312. The topological polar surface area (TPSA) is 35.5 Å². The van der Waals surface area contributed by atoms with Crippen molar-refractivity contribution in [1.29, 1.82) is 0 Å². The number of hydrogen-bond donors (Lipinski definition) is 0. The van der Waals surface area contributed by atoms with Gasteiger partial charge >= 0.3 is 5.97 Å². The fourth-order valence-corrected chi connectivity index (χ4v) is 11.8. The SMILES string of the molecule is CC1(C)CCC[C@]2(C)[C@H]3CC(=O)O[C@]3(C)CC[C@@H]12.CC1C[C@@H]2[C@@]3(C)CCCC(C)(C)[C@@H]3CC[C@@]2(C)O1. The molecule has 206 valence electrons. The molecule has 36 heavy (non-hydrogen) atoms. The van der Waals surface area contributed by atoms with Gasteiger partial charge in [0, 0.05) is 5.92 Å². The largest absolute Gasteiger partial charge is 0.459 e. The highest BCUT2D eigenvalue weighted by molar-refractivity contribution is 5.73. The van der Waals surface area contributed by atoms with Crippen molar-refractivity contribution in [3.8, 4) is 0 Å². The highest BCUT2D eigenvalue weighted by Crippen LogP contribution is 2.66. The van der Waals surface area contributed by atoms with Gasteiger partial charge in [0.2, 0.25) is 0 Å². The molecular weight excluding hydrogens is 444 g/mol. The third kappa shape index (κ3) is 4.03. The minimum Gasteiger partial charge on any atom is -0.459 e. The molecule has 6 aliphatic rings. The molecule has 0 radical (unpaired) electrons. The molecular formula is C33H56O3. The summed E-state index contributed by atoms with van der Waals surface area (Å²) in [6.07, 6.45) is 15.6. The van der Waals surface area contributed by atoms with E-state index in [4.69, 9.17) is 9.47 Å². The summed E-state index contributed by atoms with van der Waals surface area (Å²) in [5.74, 6) is 2.93. The number of carbonyl (C=O) groups is 1. The smallest absolute Gasteiger partial charge is 0.306 e. The monoisotopic (exact) mass is 500 g/mol. The lowest BCUT2D eigenvalue weighted by atomic mass is 9.45. The minimum absolute atomic E-state index is 0.0350. The number of hydrogen-bond acceptors (Lipinski definition) is 3. The third-order valence-corrected chi connectivity index (χ3v) is 13.2. The molecule has 2 heterocycles. The first kappa shape index (κ1) is 27.0. The zero-order valence-electron chi connectivity index (χ0n) is 25.1. The van der Waals surface area contributed by atoms with E-state index in [1.807, 2.05) is 0 Å². The lowest BCUT2D eigenvalue weighted by Gasteiger charge is -2.60. The Balaban J connectivity index is 0.000000148. The van der Waals surface area contributed by atoms with E-state index in [1.165, 1.54) is 64.2 Å². The second-order valence-electron chi connectivity index (χ2n) is 16.5. The molecule has 4 saturated carbocycles. The van der Waals surface area contributed by atoms with Gasteiger partial charge in [0.1, 0.15) is 5.60 Å². The Labute approximate surface area is 222 Å². The summed E-state index contributed by atoms with van der Waals surface area (Å²) in [7, 11) is 0. The van der Waals surface area contributed by atoms with Gasteiger partial charge in [-0.1, -0.05) is 54.4 Å². The summed E-state index contributed by atoms with van der Waals surface area (Å²) in [6, 6.07) is 0. The van der Waals surface area contributed by atoms with Crippen LogP contribution in [0.4, 0.5) is 0 Å². The highest BCUT2D eigenvalue weighted by Gasteiger charge is 2.63. The molecule has 0 aromatic heterocycles. The van der Waals surface area contributed by atoms with Crippen molar-refractivity contribution in [1.82, 2.24) is 0 Å². The van der Waals surface area contributed by atoms with Gasteiger partial charge in [0.15, 0.2) is 0 Å². The first-order valence-corrected chi connectivity index (χ1v) is 15.5. The molecule has 6 fully saturated rings. The number of fused-ring (bicyclic) bond motifs is 6. The summed E-state index contributed by atoms with van der Waals surface area (Å²) in [5.41, 5.74) is 1.81. The van der Waals surface area contributed by atoms with Crippen LogP contribution in [0.25, 0.3) is 0 Å². The molecule has 0 spiro atoms. The average molecular weight is 501 g/mol. The van der Waals surface area contributed by atoms with E-state index < -0.39 is 0 Å². The van der Waals surface area contributed by atoms with Crippen LogP contribution >= 0.6 is 0 Å². The number of ether oxygens (including phenoxy) is 2. The fraction of sp³-hybridized carbons (Fsp3) is 0.970. The maximum absolute atomic E-state index is 11.8. The molecule has 0 N–H and O–H groups in total. The van der Waals surface area contributed by atoms with Crippen molar-refractivity contribution in [2.24, 2.45) is 45.3 Å². The number of carbonyl (C=O) groups excluding carboxylic acids is 1. The molecule has 9 atom stereocenters. The van der Waals surface area contributed by atoms with Gasteiger partial charge in [0.25, 0.3) is 0 Å². The Bertz CT molecular complexity index is 876. The molecule has 4 aliphatic carbocycles. The summed E-state index contributed by atoms with van der Waals surface area (Å²) in [4.78, 5) is 11.8. The molecule has 0 bridgehead atoms. The lowest BCUT2D eigenvalue weighted by molar-refractivity contribution is -0.164. The van der Waals surface area contributed by atoms with Crippen LogP contribution in [0.1, 0.15) is 139 Å². The Morgan fingerprint density at radius 2 is 1.14 bits per heavy atom. The summed E-state index contributed by atoms with van der Waals surface area (Å²) < 4.78 is 12.0. The normalized spacial score (nSPS) is 52.6. The standard InChI is InChI=1S/C17H30O.C16H26O2/c1-12-11-14-16(4)9-6-8-15(2,3)13(16)7-10-17(14,5)18-12;1-14(2)7-5-8-15(3)11(14)6-9-16(4)12(15)10-13(17)18-16/h12-14H,6-11H2,1-5H3;11-12H,5-10H2,1-4H3/t12?,13-,14+,16-,17+;11-,12+,15-,16+/m00/s1. The van der Waals surface area contributed by atoms with E-state index in [9.17, 15) is 4.79 Å². The predicted octanol–water partition coefficient (Wildman–Crippen LogP) is 8.73. The fourth-order valence-electron chi connectivity index (χ4n) is 11.8. The van der Waals surface area contributed by atoms with Gasteiger partial charge in [-0.3, -0.25) is 4.79 Å². The Kier molecular flexibility index (Phi) is 6.35. The van der Waals surface area contributed by atoms with Crippen LogP contribution in [0.3, 0.4) is 0 Å². The van der Waals surface area contributed by atoms with Crippen molar-refractivity contribution in [3.05, 3.63) is 0 Å². The van der Waals surface area contributed by atoms with Crippen LogP contribution in [-0.2, 0) is 14.3 Å². The molecule has 2 saturated heterocycles. The molecule has 3 heteroatoms. The first-order valence-electron chi connectivity index (χ1n) is 15.5. The van der Waals surface area contributed by atoms with E-state index in [1.54, 1.807) is 0 Å². The maximum Gasteiger partial charge on any atom is 0.306 e. The Morgan fingerprint density at radius 3 is 1.69 bits per heavy atom. The zero-order valence-corrected chi connectivity index (χ0v) is 25.1. The van der Waals surface area contributed by atoms with Gasteiger partial charge in [-0.25, -0.2) is 0 Å². The maximum atomic E-state index is 11.8. The molecule has 2 aliphatic heterocycles. The second kappa shape index (κ2) is 8.46. The van der Waals surface area contributed by atoms with Gasteiger partial charge < -0.3 is 9.47 Å². The summed E-state index contributed by atoms with van der Waals surface area (Å²) >= 11 is 0. The zero-order chi connectivity index (χ0) is 26.4. The molecule has 1 unspecified atom stereocenters. The van der Waals surface area contributed by atoms with Crippen molar-refractivity contribution in [2.45, 2.75) is 157 Å². The van der Waals surface area contributed by atoms with Crippen LogP contribution in [0.5, 0.6) is 0 Å². The van der Waals surface area contributed by atoms with Crippen molar-refractivity contribution in [2.75, 3.05) is 0 Å². The van der Waals surface area contributed by atoms with Gasteiger partial charge in [0.05, 0.1) is 18.1 Å². The number of rotatable bonds is 0.